The Bertz CT molecular complexity index is 216. The summed E-state index contributed by atoms with van der Waals surface area (Å²) in [5.41, 5.74) is 0. The predicted molar refractivity (Wildman–Crippen MR) is 83.7 cm³/mol. The maximum Gasteiger partial charge on any atom is 0.308 e. The lowest BCUT2D eigenvalue weighted by atomic mass is 10.0. The molecule has 0 aromatic heterocycles. The Hall–Kier alpha value is -0.570. The van der Waals surface area contributed by atoms with Crippen LogP contribution in [0.2, 0.25) is 0 Å². The van der Waals surface area contributed by atoms with Gasteiger partial charge in [-0.1, -0.05) is 71.6 Å². The number of carbonyl (C=O) groups excluding carboxylic acids is 1. The highest BCUT2D eigenvalue weighted by Crippen LogP contribution is 2.12. The summed E-state index contributed by atoms with van der Waals surface area (Å²) in [7, 11) is 0. The van der Waals surface area contributed by atoms with Crippen molar-refractivity contribution < 1.29 is 14.6 Å². The molecule has 20 heavy (non-hydrogen) atoms. The van der Waals surface area contributed by atoms with Gasteiger partial charge >= 0.3 is 5.97 Å². The third-order valence-corrected chi connectivity index (χ3v) is 3.55. The Morgan fingerprint density at radius 2 is 1.45 bits per heavy atom. The van der Waals surface area contributed by atoms with Gasteiger partial charge in [-0.25, -0.2) is 0 Å². The van der Waals surface area contributed by atoms with Gasteiger partial charge in [-0.05, 0) is 12.8 Å². The minimum Gasteiger partial charge on any atom is -0.466 e. The molecular formula is C17H34O3. The van der Waals surface area contributed by atoms with Crippen LogP contribution in [0.5, 0.6) is 0 Å². The third kappa shape index (κ3) is 13.9. The van der Waals surface area contributed by atoms with Crippen LogP contribution in [0.15, 0.2) is 0 Å². The van der Waals surface area contributed by atoms with Crippen LogP contribution < -0.4 is 0 Å². The molecule has 120 valence electrons. The van der Waals surface area contributed by atoms with Crippen LogP contribution in [0.1, 0.15) is 90.9 Å². The van der Waals surface area contributed by atoms with Gasteiger partial charge in [0.25, 0.3) is 0 Å². The van der Waals surface area contributed by atoms with Crippen LogP contribution in [0.4, 0.5) is 0 Å². The number of aliphatic hydroxyl groups is 1. The fraction of sp³-hybridized carbons (Fsp3) is 0.941. The molecule has 0 heterocycles. The van der Waals surface area contributed by atoms with Crippen LogP contribution in [-0.4, -0.2) is 23.8 Å². The molecular weight excluding hydrogens is 252 g/mol. The van der Waals surface area contributed by atoms with Crippen LogP contribution in [-0.2, 0) is 9.53 Å². The number of hydrogen-bond acceptors (Lipinski definition) is 3. The molecule has 0 amide bonds. The summed E-state index contributed by atoms with van der Waals surface area (Å²) in [6.45, 7) is 4.78. The van der Waals surface area contributed by atoms with Gasteiger partial charge < -0.3 is 9.84 Å². The van der Waals surface area contributed by atoms with Crippen molar-refractivity contribution in [2.24, 2.45) is 0 Å². The molecule has 0 saturated carbocycles. The van der Waals surface area contributed by atoms with Crippen molar-refractivity contribution in [3.05, 3.63) is 0 Å². The SMILES string of the molecule is CCCCCCCCCCC(O)CC(=O)OCCCC. The summed E-state index contributed by atoms with van der Waals surface area (Å²) >= 11 is 0. The molecule has 0 aromatic carbocycles. The quantitative estimate of drug-likeness (QED) is 0.374. The summed E-state index contributed by atoms with van der Waals surface area (Å²) < 4.78 is 5.04. The van der Waals surface area contributed by atoms with Crippen LogP contribution >= 0.6 is 0 Å². The average Bonchev–Trinajstić information content (AvgIpc) is 2.42. The summed E-state index contributed by atoms with van der Waals surface area (Å²) in [6, 6.07) is 0. The number of carbonyl (C=O) groups is 1. The van der Waals surface area contributed by atoms with E-state index in [1.165, 1.54) is 38.5 Å². The van der Waals surface area contributed by atoms with E-state index in [0.717, 1.165) is 32.1 Å². The lowest BCUT2D eigenvalue weighted by molar-refractivity contribution is -0.146. The molecule has 0 aliphatic rings. The number of aliphatic hydroxyl groups excluding tert-OH is 1. The minimum absolute atomic E-state index is 0.153. The molecule has 1 N–H and O–H groups in total. The molecule has 0 spiro atoms. The molecule has 0 fully saturated rings. The molecule has 1 unspecified atom stereocenters. The lowest BCUT2D eigenvalue weighted by Gasteiger charge is -2.10. The maximum atomic E-state index is 11.4. The monoisotopic (exact) mass is 286 g/mol. The fourth-order valence-electron chi connectivity index (χ4n) is 2.20. The summed E-state index contributed by atoms with van der Waals surface area (Å²) in [6.07, 6.45) is 12.3. The highest BCUT2D eigenvalue weighted by molar-refractivity contribution is 5.69. The zero-order chi connectivity index (χ0) is 15.1. The number of hydrogen-bond donors (Lipinski definition) is 1. The van der Waals surface area contributed by atoms with Crippen LogP contribution in [0.25, 0.3) is 0 Å². The van der Waals surface area contributed by atoms with E-state index in [1.54, 1.807) is 0 Å². The minimum atomic E-state index is -0.524. The van der Waals surface area contributed by atoms with E-state index in [-0.39, 0.29) is 12.4 Å². The highest BCUT2D eigenvalue weighted by atomic mass is 16.5. The number of ether oxygens (including phenoxy) is 1. The predicted octanol–water partition coefficient (Wildman–Crippen LogP) is 4.61. The van der Waals surface area contributed by atoms with Gasteiger partial charge in [0.1, 0.15) is 0 Å². The molecule has 3 heteroatoms. The van der Waals surface area contributed by atoms with E-state index in [2.05, 4.69) is 13.8 Å². The summed E-state index contributed by atoms with van der Waals surface area (Å²) in [5.74, 6) is -0.259. The van der Waals surface area contributed by atoms with Crippen molar-refractivity contribution in [1.29, 1.82) is 0 Å². The van der Waals surface area contributed by atoms with E-state index >= 15 is 0 Å². The first-order valence-corrected chi connectivity index (χ1v) is 8.54. The summed E-state index contributed by atoms with van der Waals surface area (Å²) in [4.78, 5) is 11.4. The van der Waals surface area contributed by atoms with Gasteiger partial charge in [-0.3, -0.25) is 4.79 Å². The van der Waals surface area contributed by atoms with Crippen molar-refractivity contribution in [3.8, 4) is 0 Å². The van der Waals surface area contributed by atoms with Crippen molar-refractivity contribution in [2.75, 3.05) is 6.61 Å². The van der Waals surface area contributed by atoms with Gasteiger partial charge in [-0.2, -0.15) is 0 Å². The Balaban J connectivity index is 3.31. The first-order chi connectivity index (χ1) is 9.70. The third-order valence-electron chi connectivity index (χ3n) is 3.55. The second kappa shape index (κ2) is 14.8. The first-order valence-electron chi connectivity index (χ1n) is 8.54. The van der Waals surface area contributed by atoms with Crippen molar-refractivity contribution in [2.45, 2.75) is 97.0 Å². The lowest BCUT2D eigenvalue weighted by Crippen LogP contribution is -2.16. The molecule has 0 bridgehead atoms. The van der Waals surface area contributed by atoms with E-state index in [1.807, 2.05) is 0 Å². The standard InChI is InChI=1S/C17H34O3/c1-3-5-7-8-9-10-11-12-13-16(18)15-17(19)20-14-6-4-2/h16,18H,3-15H2,1-2H3. The zero-order valence-electron chi connectivity index (χ0n) is 13.5. The number of unbranched alkanes of at least 4 members (excludes halogenated alkanes) is 8. The fourth-order valence-corrected chi connectivity index (χ4v) is 2.20. The molecule has 0 rings (SSSR count). The Labute approximate surface area is 125 Å². The van der Waals surface area contributed by atoms with E-state index in [0.29, 0.717) is 6.61 Å². The van der Waals surface area contributed by atoms with Crippen molar-refractivity contribution in [1.82, 2.24) is 0 Å². The van der Waals surface area contributed by atoms with E-state index < -0.39 is 6.10 Å². The van der Waals surface area contributed by atoms with E-state index in [4.69, 9.17) is 4.74 Å². The highest BCUT2D eigenvalue weighted by Gasteiger charge is 2.11. The number of esters is 1. The topological polar surface area (TPSA) is 46.5 Å². The first kappa shape index (κ1) is 19.4. The summed E-state index contributed by atoms with van der Waals surface area (Å²) in [5, 5.41) is 9.75. The number of rotatable bonds is 14. The van der Waals surface area contributed by atoms with E-state index in [9.17, 15) is 9.90 Å². The van der Waals surface area contributed by atoms with Gasteiger partial charge in [-0.15, -0.1) is 0 Å². The van der Waals surface area contributed by atoms with Gasteiger partial charge in [0.15, 0.2) is 0 Å². The smallest absolute Gasteiger partial charge is 0.308 e. The molecule has 0 saturated heterocycles. The normalized spacial score (nSPS) is 12.3. The van der Waals surface area contributed by atoms with Crippen molar-refractivity contribution >= 4 is 5.97 Å². The molecule has 0 aromatic rings. The average molecular weight is 286 g/mol. The molecule has 0 radical (unpaired) electrons. The molecule has 1 atom stereocenters. The van der Waals surface area contributed by atoms with Crippen LogP contribution in [0, 0.1) is 0 Å². The Morgan fingerprint density at radius 3 is 2.05 bits per heavy atom. The zero-order valence-corrected chi connectivity index (χ0v) is 13.5. The second-order valence-electron chi connectivity index (χ2n) is 5.70. The van der Waals surface area contributed by atoms with Gasteiger partial charge in [0.2, 0.25) is 0 Å². The van der Waals surface area contributed by atoms with Crippen molar-refractivity contribution in [3.63, 3.8) is 0 Å². The Kier molecular flexibility index (Phi) is 14.4. The van der Waals surface area contributed by atoms with Gasteiger partial charge in [0, 0.05) is 0 Å². The maximum absolute atomic E-state index is 11.4. The van der Waals surface area contributed by atoms with Gasteiger partial charge in [0.05, 0.1) is 19.1 Å². The molecule has 3 nitrogen and oxygen atoms in total. The second-order valence-corrected chi connectivity index (χ2v) is 5.70. The Morgan fingerprint density at radius 1 is 0.900 bits per heavy atom. The molecule has 0 aliphatic heterocycles. The molecule has 0 aliphatic carbocycles. The largest absolute Gasteiger partial charge is 0.466 e. The van der Waals surface area contributed by atoms with Crippen LogP contribution in [0.3, 0.4) is 0 Å².